The lowest BCUT2D eigenvalue weighted by molar-refractivity contribution is 0.805. The summed E-state index contributed by atoms with van der Waals surface area (Å²) >= 11 is 0. The molecule has 1 aromatic heterocycles. The van der Waals surface area contributed by atoms with Gasteiger partial charge in [-0.2, -0.15) is 0 Å². The highest BCUT2D eigenvalue weighted by molar-refractivity contribution is 5.37. The van der Waals surface area contributed by atoms with Crippen LogP contribution in [0.4, 0.5) is 0 Å². The molecule has 0 aromatic carbocycles. The Kier molecular flexibility index (Phi) is 3.67. The molecule has 0 amide bonds. The van der Waals surface area contributed by atoms with Crippen LogP contribution >= 0.6 is 0 Å². The second kappa shape index (κ2) is 4.78. The second-order valence-corrected chi connectivity index (χ2v) is 3.46. The van der Waals surface area contributed by atoms with E-state index in [1.807, 2.05) is 27.0 Å². The molecule has 0 bridgehead atoms. The summed E-state index contributed by atoms with van der Waals surface area (Å²) in [5.41, 5.74) is 8.80. The fraction of sp³-hybridized carbons (Fsp3) is 0.417. The van der Waals surface area contributed by atoms with E-state index in [0.717, 1.165) is 23.2 Å². The number of rotatable bonds is 1. The molecule has 2 heteroatoms. The van der Waals surface area contributed by atoms with Crippen molar-refractivity contribution in [3.05, 3.63) is 29.1 Å². The van der Waals surface area contributed by atoms with Crippen LogP contribution in [-0.4, -0.2) is 11.0 Å². The summed E-state index contributed by atoms with van der Waals surface area (Å²) < 4.78 is 0. The maximum absolute atomic E-state index is 5.70. The van der Waals surface area contributed by atoms with E-state index in [0.29, 0.717) is 0 Å². The van der Waals surface area contributed by atoms with Gasteiger partial charge in [0.05, 0.1) is 6.04 Å². The number of aryl methyl sites for hydroxylation is 2. The van der Waals surface area contributed by atoms with Crippen LogP contribution in [-0.2, 0) is 0 Å². The second-order valence-electron chi connectivity index (χ2n) is 3.46. The highest BCUT2D eigenvalue weighted by Gasteiger charge is 1.96. The summed E-state index contributed by atoms with van der Waals surface area (Å²) in [6.07, 6.45) is 2.70. The lowest BCUT2D eigenvalue weighted by atomic mass is 10.1. The van der Waals surface area contributed by atoms with Crippen LogP contribution in [0, 0.1) is 25.7 Å². The van der Waals surface area contributed by atoms with Crippen LogP contribution in [0.1, 0.15) is 30.2 Å². The lowest BCUT2D eigenvalue weighted by Crippen LogP contribution is -2.15. The van der Waals surface area contributed by atoms with E-state index in [1.165, 1.54) is 0 Å². The maximum atomic E-state index is 5.70. The maximum Gasteiger partial charge on any atom is 0.116 e. The molecule has 0 fully saturated rings. The van der Waals surface area contributed by atoms with Gasteiger partial charge in [-0.3, -0.25) is 0 Å². The fourth-order valence-electron chi connectivity index (χ4n) is 1.11. The van der Waals surface area contributed by atoms with Gasteiger partial charge >= 0.3 is 0 Å². The van der Waals surface area contributed by atoms with E-state index < -0.39 is 0 Å². The van der Waals surface area contributed by atoms with Crippen molar-refractivity contribution in [3.8, 4) is 11.8 Å². The van der Waals surface area contributed by atoms with Crippen LogP contribution in [0.3, 0.4) is 0 Å². The monoisotopic (exact) mass is 188 g/mol. The van der Waals surface area contributed by atoms with E-state index in [1.54, 1.807) is 0 Å². The van der Waals surface area contributed by atoms with Gasteiger partial charge in [0, 0.05) is 6.20 Å². The summed E-state index contributed by atoms with van der Waals surface area (Å²) in [6, 6.07) is 2.03. The quantitative estimate of drug-likeness (QED) is 0.682. The smallest absolute Gasteiger partial charge is 0.116 e. The minimum absolute atomic E-state index is 0.0440. The Hall–Kier alpha value is -1.33. The first-order valence-corrected chi connectivity index (χ1v) is 4.84. The van der Waals surface area contributed by atoms with Crippen LogP contribution in [0.25, 0.3) is 0 Å². The number of hydrogen-bond acceptors (Lipinski definition) is 2. The number of nitrogens with zero attached hydrogens (tertiary/aromatic N) is 1. The molecule has 1 atom stereocenters. The topological polar surface area (TPSA) is 38.9 Å². The minimum atomic E-state index is -0.0440. The van der Waals surface area contributed by atoms with Gasteiger partial charge in [0.25, 0.3) is 0 Å². The fourth-order valence-corrected chi connectivity index (χ4v) is 1.11. The first kappa shape index (κ1) is 10.7. The van der Waals surface area contributed by atoms with Crippen molar-refractivity contribution < 1.29 is 0 Å². The average molecular weight is 188 g/mol. The highest BCUT2D eigenvalue weighted by Crippen LogP contribution is 2.05. The number of hydrogen-bond donors (Lipinski definition) is 1. The standard InChI is InChI=1S/C12H16N2/c1-4-11(13)5-6-12-10(3)7-9(2)8-14-12/h7-8,11H,4,13H2,1-3H3. The van der Waals surface area contributed by atoms with Gasteiger partial charge in [0.1, 0.15) is 5.69 Å². The van der Waals surface area contributed by atoms with Crippen molar-refractivity contribution in [3.63, 3.8) is 0 Å². The predicted octanol–water partition coefficient (Wildman–Crippen LogP) is 1.79. The third-order valence-corrected chi connectivity index (χ3v) is 2.03. The Bertz CT molecular complexity index is 372. The van der Waals surface area contributed by atoms with Crippen LogP contribution in [0.5, 0.6) is 0 Å². The highest BCUT2D eigenvalue weighted by atomic mass is 14.7. The molecular weight excluding hydrogens is 172 g/mol. The zero-order chi connectivity index (χ0) is 10.6. The van der Waals surface area contributed by atoms with E-state index >= 15 is 0 Å². The van der Waals surface area contributed by atoms with Crippen molar-refractivity contribution in [1.82, 2.24) is 4.98 Å². The van der Waals surface area contributed by atoms with Gasteiger partial charge in [-0.25, -0.2) is 4.98 Å². The Labute approximate surface area is 85.5 Å². The molecule has 2 N–H and O–H groups in total. The molecule has 0 saturated carbocycles. The molecule has 0 saturated heterocycles. The van der Waals surface area contributed by atoms with Crippen molar-refractivity contribution in [2.75, 3.05) is 0 Å². The van der Waals surface area contributed by atoms with Gasteiger partial charge in [0.2, 0.25) is 0 Å². The van der Waals surface area contributed by atoms with E-state index in [2.05, 4.69) is 22.9 Å². The zero-order valence-corrected chi connectivity index (χ0v) is 8.96. The third-order valence-electron chi connectivity index (χ3n) is 2.03. The summed E-state index contributed by atoms with van der Waals surface area (Å²) in [5, 5.41) is 0. The van der Waals surface area contributed by atoms with Crippen molar-refractivity contribution in [2.24, 2.45) is 5.73 Å². The normalized spacial score (nSPS) is 11.7. The molecule has 1 unspecified atom stereocenters. The van der Waals surface area contributed by atoms with E-state index in [-0.39, 0.29) is 6.04 Å². The van der Waals surface area contributed by atoms with Crippen LogP contribution in [0.2, 0.25) is 0 Å². The first-order chi connectivity index (χ1) is 6.63. The SMILES string of the molecule is CCC(N)C#Cc1ncc(C)cc1C. The third kappa shape index (κ3) is 2.86. The Balaban J connectivity index is 2.90. The summed E-state index contributed by atoms with van der Waals surface area (Å²) in [7, 11) is 0. The molecule has 0 aliphatic heterocycles. The van der Waals surface area contributed by atoms with E-state index in [9.17, 15) is 0 Å². The minimum Gasteiger partial charge on any atom is -0.318 e. The predicted molar refractivity (Wildman–Crippen MR) is 58.9 cm³/mol. The number of nitrogens with two attached hydrogens (primary N) is 1. The van der Waals surface area contributed by atoms with Gasteiger partial charge in [-0.1, -0.05) is 18.9 Å². The summed E-state index contributed by atoms with van der Waals surface area (Å²) in [6.45, 7) is 6.06. The van der Waals surface area contributed by atoms with Crippen LogP contribution in [0.15, 0.2) is 12.3 Å². The Morgan fingerprint density at radius 2 is 2.21 bits per heavy atom. The van der Waals surface area contributed by atoms with Gasteiger partial charge in [-0.05, 0) is 37.3 Å². The molecule has 74 valence electrons. The summed E-state index contributed by atoms with van der Waals surface area (Å²) in [5.74, 6) is 5.98. The molecule has 1 rings (SSSR count). The largest absolute Gasteiger partial charge is 0.318 e. The number of aromatic nitrogens is 1. The molecule has 2 nitrogen and oxygen atoms in total. The molecule has 0 aliphatic carbocycles. The first-order valence-electron chi connectivity index (χ1n) is 4.84. The molecule has 1 aromatic rings. The van der Waals surface area contributed by atoms with Gasteiger partial charge in [0.15, 0.2) is 0 Å². The van der Waals surface area contributed by atoms with Crippen molar-refractivity contribution >= 4 is 0 Å². The molecule has 1 heterocycles. The van der Waals surface area contributed by atoms with Gasteiger partial charge in [-0.15, -0.1) is 0 Å². The molecular formula is C12H16N2. The molecule has 0 aliphatic rings. The van der Waals surface area contributed by atoms with E-state index in [4.69, 9.17) is 5.73 Å². The van der Waals surface area contributed by atoms with Crippen molar-refractivity contribution in [2.45, 2.75) is 33.2 Å². The lowest BCUT2D eigenvalue weighted by Gasteiger charge is -1.99. The Morgan fingerprint density at radius 3 is 2.79 bits per heavy atom. The van der Waals surface area contributed by atoms with Crippen LogP contribution < -0.4 is 5.73 Å². The van der Waals surface area contributed by atoms with Crippen molar-refractivity contribution in [1.29, 1.82) is 0 Å². The van der Waals surface area contributed by atoms with Gasteiger partial charge < -0.3 is 5.73 Å². The zero-order valence-electron chi connectivity index (χ0n) is 8.96. The Morgan fingerprint density at radius 1 is 1.50 bits per heavy atom. The molecule has 0 spiro atoms. The summed E-state index contributed by atoms with van der Waals surface area (Å²) in [4.78, 5) is 4.25. The number of pyridine rings is 1. The molecule has 0 radical (unpaired) electrons. The average Bonchev–Trinajstić information content (AvgIpc) is 2.16. The molecule has 14 heavy (non-hydrogen) atoms.